The van der Waals surface area contributed by atoms with E-state index >= 15 is 0 Å². The molecule has 10 nitrogen and oxygen atoms in total. The second-order valence-corrected chi connectivity index (χ2v) is 10.9. The predicted molar refractivity (Wildman–Crippen MR) is 148 cm³/mol. The van der Waals surface area contributed by atoms with Gasteiger partial charge in [0.15, 0.2) is 5.82 Å². The van der Waals surface area contributed by atoms with Gasteiger partial charge in [-0.1, -0.05) is 23.2 Å². The summed E-state index contributed by atoms with van der Waals surface area (Å²) in [6.45, 7) is 5.60. The second kappa shape index (κ2) is 10.4. The van der Waals surface area contributed by atoms with Crippen LogP contribution in [-0.2, 0) is 4.79 Å². The molecule has 0 unspecified atom stereocenters. The van der Waals surface area contributed by atoms with Crippen molar-refractivity contribution in [1.29, 1.82) is 0 Å². The smallest absolute Gasteiger partial charge is 0.234 e. The zero-order chi connectivity index (χ0) is 27.0. The molecule has 4 aromatic rings. The molecular weight excluding hydrogens is 527 g/mol. The molecule has 1 aromatic carbocycles. The summed E-state index contributed by atoms with van der Waals surface area (Å²) in [6, 6.07) is 9.47. The van der Waals surface area contributed by atoms with Gasteiger partial charge >= 0.3 is 0 Å². The van der Waals surface area contributed by atoms with Crippen molar-refractivity contribution in [3.8, 4) is 17.1 Å². The van der Waals surface area contributed by atoms with Gasteiger partial charge in [-0.2, -0.15) is 5.10 Å². The fraction of sp³-hybridized carbons (Fsp3) is 0.346. The lowest BCUT2D eigenvalue weighted by atomic mass is 9.92. The number of carbonyl (C=O) groups excluding carboxylic acids is 1. The van der Waals surface area contributed by atoms with Gasteiger partial charge in [0.2, 0.25) is 5.91 Å². The molecule has 0 bridgehead atoms. The van der Waals surface area contributed by atoms with Crippen molar-refractivity contribution in [2.24, 2.45) is 0 Å². The highest BCUT2D eigenvalue weighted by Gasteiger charge is 2.40. The van der Waals surface area contributed by atoms with Gasteiger partial charge in [0.25, 0.3) is 0 Å². The molecule has 1 aliphatic rings. The Hall–Kier alpha value is -3.47. The Morgan fingerprint density at radius 1 is 1.18 bits per heavy atom. The third-order valence-corrected chi connectivity index (χ3v) is 6.94. The molecule has 1 atom stereocenters. The van der Waals surface area contributed by atoms with Crippen molar-refractivity contribution in [1.82, 2.24) is 35.6 Å². The lowest BCUT2D eigenvalue weighted by Gasteiger charge is -2.48. The molecule has 3 aromatic heterocycles. The summed E-state index contributed by atoms with van der Waals surface area (Å²) >= 11 is 12.6. The number of benzene rings is 1. The van der Waals surface area contributed by atoms with Crippen molar-refractivity contribution in [3.63, 3.8) is 0 Å². The van der Waals surface area contributed by atoms with Crippen LogP contribution in [0.3, 0.4) is 0 Å². The van der Waals surface area contributed by atoms with Gasteiger partial charge in [-0.15, -0.1) is 10.2 Å². The molecule has 0 spiro atoms. The first-order valence-corrected chi connectivity index (χ1v) is 12.9. The summed E-state index contributed by atoms with van der Waals surface area (Å²) in [5.41, 5.74) is 2.54. The molecule has 5 rings (SSSR count). The molecule has 12 heteroatoms. The van der Waals surface area contributed by atoms with Crippen LogP contribution in [-0.4, -0.2) is 75.5 Å². The molecule has 1 saturated heterocycles. The van der Waals surface area contributed by atoms with Gasteiger partial charge in [-0.05, 0) is 58.3 Å². The molecular formula is C26H28Cl2N8O2. The normalized spacial score (nSPS) is 15.4. The quantitative estimate of drug-likeness (QED) is 0.334. The first-order valence-electron chi connectivity index (χ1n) is 12.1. The van der Waals surface area contributed by atoms with Crippen LogP contribution in [0, 0.1) is 0 Å². The minimum Gasteiger partial charge on any atom is -0.486 e. The number of halogens is 2. The molecule has 1 fully saturated rings. The minimum atomic E-state index is -0.389. The maximum Gasteiger partial charge on any atom is 0.234 e. The van der Waals surface area contributed by atoms with E-state index in [1.54, 1.807) is 12.4 Å². The zero-order valence-corrected chi connectivity index (χ0v) is 23.0. The fourth-order valence-corrected chi connectivity index (χ4v) is 5.33. The number of fused-ring (bicyclic) bond motifs is 1. The Balaban J connectivity index is 1.29. The van der Waals surface area contributed by atoms with E-state index < -0.39 is 0 Å². The van der Waals surface area contributed by atoms with Crippen molar-refractivity contribution < 1.29 is 9.53 Å². The summed E-state index contributed by atoms with van der Waals surface area (Å²) in [4.78, 5) is 20.1. The van der Waals surface area contributed by atoms with Crippen LogP contribution >= 0.6 is 23.2 Å². The first-order chi connectivity index (χ1) is 18.1. The van der Waals surface area contributed by atoms with Crippen molar-refractivity contribution in [3.05, 3.63) is 58.3 Å². The van der Waals surface area contributed by atoms with Gasteiger partial charge in [0.05, 0.1) is 27.6 Å². The summed E-state index contributed by atoms with van der Waals surface area (Å²) in [6.07, 6.45) is 2.70. The number of nitrogens with zero attached hydrogens (tertiary/aromatic N) is 6. The number of ether oxygens (including phenoxy) is 1. The molecule has 1 aliphatic heterocycles. The number of amides is 1. The number of hydrogen-bond acceptors (Lipinski definition) is 8. The van der Waals surface area contributed by atoms with Crippen molar-refractivity contribution >= 4 is 45.8 Å². The molecule has 1 amide bonds. The van der Waals surface area contributed by atoms with Gasteiger partial charge < -0.3 is 19.9 Å². The van der Waals surface area contributed by atoms with Crippen LogP contribution in [0.2, 0.25) is 10.0 Å². The van der Waals surface area contributed by atoms with Gasteiger partial charge in [0.1, 0.15) is 23.2 Å². The van der Waals surface area contributed by atoms with Crippen LogP contribution in [0.4, 0.5) is 5.82 Å². The van der Waals surface area contributed by atoms with E-state index in [1.165, 1.54) is 0 Å². The van der Waals surface area contributed by atoms with E-state index in [-0.39, 0.29) is 17.6 Å². The standard InChI is InChI=1S/C26H28Cl2N8O2/c1-15(24-18(27)10-29-11-19(24)28)38-16-5-6-20-17(9-16)25(34-31-20)21-7-8-22(33-32-21)36-13-26(2,14-36)30-23(37)12-35(3)4/h5-11,15H,12-14H2,1-4H3,(H,30,37)(H,31,34)/t15-/m1/s1. The van der Waals surface area contributed by atoms with Gasteiger partial charge in [-0.25, -0.2) is 0 Å². The predicted octanol–water partition coefficient (Wildman–Crippen LogP) is 4.12. The number of anilines is 1. The largest absolute Gasteiger partial charge is 0.486 e. The van der Waals surface area contributed by atoms with Gasteiger partial charge in [-0.3, -0.25) is 14.9 Å². The third-order valence-electron chi connectivity index (χ3n) is 6.34. The monoisotopic (exact) mass is 554 g/mol. The average molecular weight is 555 g/mol. The number of rotatable bonds is 8. The number of H-pyrrole nitrogens is 1. The number of aromatic amines is 1. The summed E-state index contributed by atoms with van der Waals surface area (Å²) in [7, 11) is 3.75. The number of carbonyl (C=O) groups is 1. The summed E-state index contributed by atoms with van der Waals surface area (Å²) in [5.74, 6) is 1.39. The van der Waals surface area contributed by atoms with Crippen molar-refractivity contribution in [2.75, 3.05) is 38.6 Å². The van der Waals surface area contributed by atoms with E-state index in [1.807, 2.05) is 63.2 Å². The fourth-order valence-electron chi connectivity index (χ4n) is 4.66. The molecule has 2 N–H and O–H groups in total. The van der Waals surface area contributed by atoms with E-state index in [4.69, 9.17) is 27.9 Å². The molecule has 38 heavy (non-hydrogen) atoms. The van der Waals surface area contributed by atoms with E-state index in [0.29, 0.717) is 52.4 Å². The summed E-state index contributed by atoms with van der Waals surface area (Å²) in [5, 5.41) is 21.2. The Kier molecular flexibility index (Phi) is 7.13. The Morgan fingerprint density at radius 2 is 1.92 bits per heavy atom. The maximum atomic E-state index is 12.1. The number of hydrogen-bond donors (Lipinski definition) is 2. The topological polar surface area (TPSA) is 112 Å². The van der Waals surface area contributed by atoms with Crippen LogP contribution < -0.4 is 15.0 Å². The lowest BCUT2D eigenvalue weighted by molar-refractivity contribution is -0.123. The highest BCUT2D eigenvalue weighted by atomic mass is 35.5. The van der Waals surface area contributed by atoms with Crippen LogP contribution in [0.15, 0.2) is 42.7 Å². The SMILES string of the molecule is C[C@@H](Oc1ccc2[nH]nc(-c3ccc(N4CC(C)(NC(=O)CN(C)C)C4)nn3)c2c1)c1c(Cl)cncc1Cl. The number of aromatic nitrogens is 5. The number of likely N-dealkylation sites (N-methyl/N-ethyl adjacent to an activating group) is 1. The summed E-state index contributed by atoms with van der Waals surface area (Å²) < 4.78 is 6.16. The van der Waals surface area contributed by atoms with E-state index in [9.17, 15) is 4.79 Å². The Bertz CT molecular complexity index is 1450. The lowest BCUT2D eigenvalue weighted by Crippen LogP contribution is -2.69. The van der Waals surface area contributed by atoms with E-state index in [2.05, 4.69) is 35.6 Å². The minimum absolute atomic E-state index is 0.00806. The highest BCUT2D eigenvalue weighted by molar-refractivity contribution is 6.35. The highest BCUT2D eigenvalue weighted by Crippen LogP contribution is 2.35. The van der Waals surface area contributed by atoms with E-state index in [0.717, 1.165) is 16.7 Å². The van der Waals surface area contributed by atoms with Crippen molar-refractivity contribution in [2.45, 2.75) is 25.5 Å². The zero-order valence-electron chi connectivity index (χ0n) is 21.5. The Labute approximate surface area is 230 Å². The number of nitrogens with one attached hydrogen (secondary N) is 2. The Morgan fingerprint density at radius 3 is 2.58 bits per heavy atom. The number of pyridine rings is 1. The molecule has 4 heterocycles. The van der Waals surface area contributed by atoms with Crippen LogP contribution in [0.5, 0.6) is 5.75 Å². The molecule has 0 radical (unpaired) electrons. The maximum absolute atomic E-state index is 12.1. The third kappa shape index (κ3) is 5.38. The van der Waals surface area contributed by atoms with Crippen LogP contribution in [0.25, 0.3) is 22.3 Å². The molecule has 198 valence electrons. The second-order valence-electron chi connectivity index (χ2n) is 10.0. The average Bonchev–Trinajstić information content (AvgIpc) is 3.25. The first kappa shape index (κ1) is 26.1. The molecule has 0 aliphatic carbocycles. The van der Waals surface area contributed by atoms with Gasteiger partial charge in [0, 0.05) is 36.4 Å². The van der Waals surface area contributed by atoms with Crippen LogP contribution in [0.1, 0.15) is 25.5 Å². The molecule has 0 saturated carbocycles.